The first kappa shape index (κ1) is 9.44. The molecule has 2 aliphatic rings. The van der Waals surface area contributed by atoms with Gasteiger partial charge in [-0.1, -0.05) is 0 Å². The van der Waals surface area contributed by atoms with E-state index in [1.165, 1.54) is 38.8 Å². The standard InChI is InChI=1S/C10H21N3/c1-13-4-2-9(3-5-13)12-10-6-8(11)7-10/h8-10,12H,2-7,11H2,1H3. The van der Waals surface area contributed by atoms with Gasteiger partial charge in [0.1, 0.15) is 0 Å². The van der Waals surface area contributed by atoms with Crippen molar-refractivity contribution in [2.24, 2.45) is 5.73 Å². The zero-order chi connectivity index (χ0) is 9.26. The van der Waals surface area contributed by atoms with Gasteiger partial charge in [-0.2, -0.15) is 0 Å². The fourth-order valence-corrected chi connectivity index (χ4v) is 2.31. The van der Waals surface area contributed by atoms with Crippen LogP contribution in [0.15, 0.2) is 0 Å². The third-order valence-corrected chi connectivity index (χ3v) is 3.36. The maximum atomic E-state index is 5.75. The Morgan fingerprint density at radius 2 is 1.77 bits per heavy atom. The minimum absolute atomic E-state index is 0.476. The van der Waals surface area contributed by atoms with Gasteiger partial charge < -0.3 is 16.0 Å². The highest BCUT2D eigenvalue weighted by Crippen LogP contribution is 2.20. The predicted molar refractivity (Wildman–Crippen MR) is 54.7 cm³/mol. The van der Waals surface area contributed by atoms with E-state index in [2.05, 4.69) is 17.3 Å². The monoisotopic (exact) mass is 183 g/mol. The van der Waals surface area contributed by atoms with Crippen LogP contribution in [0.5, 0.6) is 0 Å². The number of likely N-dealkylation sites (tertiary alicyclic amines) is 1. The summed E-state index contributed by atoms with van der Waals surface area (Å²) in [4.78, 5) is 2.41. The number of nitrogens with zero attached hydrogens (tertiary/aromatic N) is 1. The van der Waals surface area contributed by atoms with Gasteiger partial charge in [-0.25, -0.2) is 0 Å². The number of hydrogen-bond donors (Lipinski definition) is 2. The van der Waals surface area contributed by atoms with Crippen molar-refractivity contribution in [1.82, 2.24) is 10.2 Å². The molecule has 76 valence electrons. The molecule has 3 heteroatoms. The lowest BCUT2D eigenvalue weighted by molar-refractivity contribution is 0.193. The van der Waals surface area contributed by atoms with Crippen molar-refractivity contribution in [1.29, 1.82) is 0 Å². The number of piperidine rings is 1. The second-order valence-corrected chi connectivity index (χ2v) is 4.67. The molecule has 1 saturated heterocycles. The number of nitrogens with one attached hydrogen (secondary N) is 1. The van der Waals surface area contributed by atoms with E-state index in [0.717, 1.165) is 12.1 Å². The van der Waals surface area contributed by atoms with Gasteiger partial charge in [-0.15, -0.1) is 0 Å². The van der Waals surface area contributed by atoms with Gasteiger partial charge in [0, 0.05) is 18.1 Å². The minimum atomic E-state index is 0.476. The van der Waals surface area contributed by atoms with E-state index in [1.54, 1.807) is 0 Å². The third kappa shape index (κ3) is 2.42. The lowest BCUT2D eigenvalue weighted by Gasteiger charge is -2.38. The predicted octanol–water partition coefficient (Wildman–Crippen LogP) is 0.160. The summed E-state index contributed by atoms with van der Waals surface area (Å²) in [7, 11) is 2.20. The van der Waals surface area contributed by atoms with Crippen LogP contribution in [-0.4, -0.2) is 43.2 Å². The molecule has 1 aliphatic carbocycles. The van der Waals surface area contributed by atoms with Crippen LogP contribution in [0.25, 0.3) is 0 Å². The average Bonchev–Trinajstić information content (AvgIpc) is 2.06. The maximum absolute atomic E-state index is 5.75. The average molecular weight is 183 g/mol. The van der Waals surface area contributed by atoms with Crippen molar-refractivity contribution < 1.29 is 0 Å². The SMILES string of the molecule is CN1CCC(NC2CC(N)C2)CC1. The van der Waals surface area contributed by atoms with Crippen LogP contribution in [0.3, 0.4) is 0 Å². The highest BCUT2D eigenvalue weighted by Gasteiger charge is 2.28. The first-order valence-electron chi connectivity index (χ1n) is 5.44. The number of nitrogens with two attached hydrogens (primary N) is 1. The van der Waals surface area contributed by atoms with Crippen LogP contribution in [0.2, 0.25) is 0 Å². The van der Waals surface area contributed by atoms with E-state index in [4.69, 9.17) is 5.73 Å². The normalized spacial score (nSPS) is 37.4. The molecule has 0 atom stereocenters. The van der Waals surface area contributed by atoms with E-state index in [1.807, 2.05) is 0 Å². The molecular formula is C10H21N3. The van der Waals surface area contributed by atoms with Gasteiger partial charge in [0.2, 0.25) is 0 Å². The molecular weight excluding hydrogens is 162 g/mol. The second kappa shape index (κ2) is 3.95. The Kier molecular flexibility index (Phi) is 2.86. The van der Waals surface area contributed by atoms with E-state index >= 15 is 0 Å². The van der Waals surface area contributed by atoms with Gasteiger partial charge in [-0.3, -0.25) is 0 Å². The van der Waals surface area contributed by atoms with Gasteiger partial charge in [0.25, 0.3) is 0 Å². The molecule has 2 fully saturated rings. The molecule has 0 radical (unpaired) electrons. The first-order valence-corrected chi connectivity index (χ1v) is 5.44. The van der Waals surface area contributed by atoms with Crippen LogP contribution >= 0.6 is 0 Å². The van der Waals surface area contributed by atoms with Crippen molar-refractivity contribution in [3.63, 3.8) is 0 Å². The van der Waals surface area contributed by atoms with Crippen LogP contribution in [-0.2, 0) is 0 Å². The van der Waals surface area contributed by atoms with Gasteiger partial charge in [0.15, 0.2) is 0 Å². The minimum Gasteiger partial charge on any atom is -0.328 e. The largest absolute Gasteiger partial charge is 0.328 e. The summed E-state index contributed by atoms with van der Waals surface area (Å²) in [6.07, 6.45) is 4.99. The summed E-state index contributed by atoms with van der Waals surface area (Å²) in [5, 5.41) is 3.70. The van der Waals surface area contributed by atoms with Crippen LogP contribution < -0.4 is 11.1 Å². The first-order chi connectivity index (χ1) is 6.24. The van der Waals surface area contributed by atoms with Crippen molar-refractivity contribution >= 4 is 0 Å². The summed E-state index contributed by atoms with van der Waals surface area (Å²) in [6, 6.07) is 1.96. The molecule has 0 bridgehead atoms. The van der Waals surface area contributed by atoms with Crippen LogP contribution in [0.1, 0.15) is 25.7 Å². The Balaban J connectivity index is 1.65. The molecule has 2 rings (SSSR count). The Hall–Kier alpha value is -0.120. The highest BCUT2D eigenvalue weighted by atomic mass is 15.1. The van der Waals surface area contributed by atoms with Crippen molar-refractivity contribution in [2.45, 2.75) is 43.8 Å². The summed E-state index contributed by atoms with van der Waals surface area (Å²) < 4.78 is 0. The Morgan fingerprint density at radius 3 is 2.31 bits per heavy atom. The molecule has 0 aromatic rings. The fourth-order valence-electron chi connectivity index (χ4n) is 2.31. The topological polar surface area (TPSA) is 41.3 Å². The lowest BCUT2D eigenvalue weighted by Crippen LogP contribution is -2.53. The summed E-state index contributed by atoms with van der Waals surface area (Å²) >= 11 is 0. The molecule has 3 nitrogen and oxygen atoms in total. The maximum Gasteiger partial charge on any atom is 0.00991 e. The molecule has 0 amide bonds. The molecule has 1 saturated carbocycles. The van der Waals surface area contributed by atoms with E-state index in [0.29, 0.717) is 6.04 Å². The summed E-state index contributed by atoms with van der Waals surface area (Å²) in [5.74, 6) is 0. The second-order valence-electron chi connectivity index (χ2n) is 4.67. The van der Waals surface area contributed by atoms with Crippen LogP contribution in [0.4, 0.5) is 0 Å². The van der Waals surface area contributed by atoms with Crippen molar-refractivity contribution in [3.05, 3.63) is 0 Å². The summed E-state index contributed by atoms with van der Waals surface area (Å²) in [5.41, 5.74) is 5.75. The summed E-state index contributed by atoms with van der Waals surface area (Å²) in [6.45, 7) is 2.49. The quantitative estimate of drug-likeness (QED) is 0.641. The van der Waals surface area contributed by atoms with Crippen molar-refractivity contribution in [3.8, 4) is 0 Å². The third-order valence-electron chi connectivity index (χ3n) is 3.36. The molecule has 13 heavy (non-hydrogen) atoms. The highest BCUT2D eigenvalue weighted by molar-refractivity contribution is 4.90. The lowest BCUT2D eigenvalue weighted by atomic mass is 9.86. The molecule has 0 aromatic heterocycles. The van der Waals surface area contributed by atoms with Crippen LogP contribution in [0, 0.1) is 0 Å². The molecule has 3 N–H and O–H groups in total. The van der Waals surface area contributed by atoms with Gasteiger partial charge in [-0.05, 0) is 45.8 Å². The van der Waals surface area contributed by atoms with Crippen molar-refractivity contribution in [2.75, 3.05) is 20.1 Å². The van der Waals surface area contributed by atoms with E-state index in [-0.39, 0.29) is 0 Å². The van der Waals surface area contributed by atoms with E-state index < -0.39 is 0 Å². The number of hydrogen-bond acceptors (Lipinski definition) is 3. The van der Waals surface area contributed by atoms with Gasteiger partial charge in [0.05, 0.1) is 0 Å². The molecule has 1 aliphatic heterocycles. The molecule has 0 aromatic carbocycles. The zero-order valence-corrected chi connectivity index (χ0v) is 8.50. The molecule has 1 heterocycles. The number of rotatable bonds is 2. The zero-order valence-electron chi connectivity index (χ0n) is 8.50. The fraction of sp³-hybridized carbons (Fsp3) is 1.00. The Morgan fingerprint density at radius 1 is 1.15 bits per heavy atom. The van der Waals surface area contributed by atoms with E-state index in [9.17, 15) is 0 Å². The Labute approximate surface area is 80.7 Å². The van der Waals surface area contributed by atoms with Gasteiger partial charge >= 0.3 is 0 Å². The molecule has 0 spiro atoms. The Bertz CT molecular complexity index is 158. The smallest absolute Gasteiger partial charge is 0.00991 e. The molecule has 0 unspecified atom stereocenters.